The van der Waals surface area contributed by atoms with E-state index in [0.29, 0.717) is 36.5 Å². The van der Waals surface area contributed by atoms with Gasteiger partial charge in [-0.15, -0.1) is 0 Å². The summed E-state index contributed by atoms with van der Waals surface area (Å²) in [6, 6.07) is 9.21. The van der Waals surface area contributed by atoms with Gasteiger partial charge in [0.1, 0.15) is 23.9 Å². The second-order valence-electron chi connectivity index (χ2n) is 7.24. The van der Waals surface area contributed by atoms with Gasteiger partial charge in [0, 0.05) is 39.3 Å². The standard InChI is InChI=1S/C21H25FN2O4/c22-16-3-5-17(6-4-16)27-15-19-7-8-20(28-19)21(25)24-11-9-23(10-12-24)14-18-2-1-13-26-18/h3-8,18H,1-2,9-15H2. The highest BCUT2D eigenvalue weighted by molar-refractivity contribution is 5.91. The second-order valence-corrected chi connectivity index (χ2v) is 7.24. The topological polar surface area (TPSA) is 55.2 Å². The van der Waals surface area contributed by atoms with E-state index < -0.39 is 0 Å². The summed E-state index contributed by atoms with van der Waals surface area (Å²) >= 11 is 0. The Morgan fingerprint density at radius 3 is 2.61 bits per heavy atom. The molecular weight excluding hydrogens is 363 g/mol. The van der Waals surface area contributed by atoms with Gasteiger partial charge >= 0.3 is 0 Å². The lowest BCUT2D eigenvalue weighted by atomic mass is 10.2. The summed E-state index contributed by atoms with van der Waals surface area (Å²) < 4.78 is 29.8. The molecule has 1 aromatic heterocycles. The Kier molecular flexibility index (Phi) is 5.92. The molecule has 0 aliphatic carbocycles. The van der Waals surface area contributed by atoms with Gasteiger partial charge in [-0.05, 0) is 49.2 Å². The molecule has 0 bridgehead atoms. The fourth-order valence-corrected chi connectivity index (χ4v) is 3.62. The molecular formula is C21H25FN2O4. The molecule has 3 heterocycles. The van der Waals surface area contributed by atoms with E-state index in [-0.39, 0.29) is 18.3 Å². The minimum atomic E-state index is -0.311. The number of hydrogen-bond acceptors (Lipinski definition) is 5. The first-order chi connectivity index (χ1) is 13.7. The van der Waals surface area contributed by atoms with Gasteiger partial charge in [-0.25, -0.2) is 4.39 Å². The van der Waals surface area contributed by atoms with Crippen LogP contribution in [0.2, 0.25) is 0 Å². The van der Waals surface area contributed by atoms with Crippen LogP contribution < -0.4 is 4.74 Å². The number of rotatable bonds is 6. The van der Waals surface area contributed by atoms with Gasteiger partial charge in [-0.1, -0.05) is 0 Å². The molecule has 0 radical (unpaired) electrons. The van der Waals surface area contributed by atoms with E-state index in [4.69, 9.17) is 13.9 Å². The lowest BCUT2D eigenvalue weighted by molar-refractivity contribution is 0.0415. The molecule has 7 heteroatoms. The van der Waals surface area contributed by atoms with Crippen molar-refractivity contribution in [1.82, 2.24) is 9.80 Å². The van der Waals surface area contributed by atoms with Crippen LogP contribution in [0.3, 0.4) is 0 Å². The minimum Gasteiger partial charge on any atom is -0.486 e. The molecule has 4 rings (SSSR count). The molecule has 2 aliphatic rings. The monoisotopic (exact) mass is 388 g/mol. The molecule has 2 fully saturated rings. The highest BCUT2D eigenvalue weighted by atomic mass is 19.1. The second kappa shape index (κ2) is 8.75. The predicted molar refractivity (Wildman–Crippen MR) is 101 cm³/mol. The van der Waals surface area contributed by atoms with E-state index in [1.807, 2.05) is 4.90 Å². The zero-order valence-electron chi connectivity index (χ0n) is 15.8. The fourth-order valence-electron chi connectivity index (χ4n) is 3.62. The Morgan fingerprint density at radius 1 is 1.11 bits per heavy atom. The number of carbonyl (C=O) groups excluding carboxylic acids is 1. The summed E-state index contributed by atoms with van der Waals surface area (Å²) in [7, 11) is 0. The number of furan rings is 1. The number of hydrogen-bond donors (Lipinski definition) is 0. The van der Waals surface area contributed by atoms with E-state index in [2.05, 4.69) is 4.90 Å². The summed E-state index contributed by atoms with van der Waals surface area (Å²) in [5, 5.41) is 0. The van der Waals surface area contributed by atoms with Crippen molar-refractivity contribution < 1.29 is 23.1 Å². The first-order valence-corrected chi connectivity index (χ1v) is 9.78. The summed E-state index contributed by atoms with van der Waals surface area (Å²) in [4.78, 5) is 16.9. The number of benzene rings is 1. The number of carbonyl (C=O) groups is 1. The average molecular weight is 388 g/mol. The molecule has 150 valence electrons. The molecule has 2 aromatic rings. The Balaban J connectivity index is 1.25. The molecule has 1 unspecified atom stereocenters. The van der Waals surface area contributed by atoms with Crippen molar-refractivity contribution in [1.29, 1.82) is 0 Å². The van der Waals surface area contributed by atoms with E-state index in [1.54, 1.807) is 24.3 Å². The zero-order chi connectivity index (χ0) is 19.3. The van der Waals surface area contributed by atoms with E-state index in [0.717, 1.165) is 39.1 Å². The van der Waals surface area contributed by atoms with Gasteiger partial charge in [0.2, 0.25) is 0 Å². The maximum Gasteiger partial charge on any atom is 0.289 e. The van der Waals surface area contributed by atoms with E-state index >= 15 is 0 Å². The minimum absolute atomic E-state index is 0.0928. The summed E-state index contributed by atoms with van der Waals surface area (Å²) in [5.74, 6) is 1.03. The lowest BCUT2D eigenvalue weighted by Crippen LogP contribution is -2.50. The number of amides is 1. The zero-order valence-corrected chi connectivity index (χ0v) is 15.8. The molecule has 2 aliphatic heterocycles. The molecule has 1 atom stereocenters. The largest absolute Gasteiger partial charge is 0.486 e. The summed E-state index contributed by atoms with van der Waals surface area (Å²) in [6.45, 7) is 5.09. The van der Waals surface area contributed by atoms with Crippen molar-refractivity contribution in [2.45, 2.75) is 25.6 Å². The van der Waals surface area contributed by atoms with Gasteiger partial charge in [0.05, 0.1) is 6.10 Å². The van der Waals surface area contributed by atoms with E-state index in [1.165, 1.54) is 12.1 Å². The molecule has 1 aromatic carbocycles. The van der Waals surface area contributed by atoms with Gasteiger partial charge < -0.3 is 18.8 Å². The van der Waals surface area contributed by atoms with Crippen molar-refractivity contribution in [2.24, 2.45) is 0 Å². The van der Waals surface area contributed by atoms with E-state index in [9.17, 15) is 9.18 Å². The van der Waals surface area contributed by atoms with Gasteiger partial charge in [-0.2, -0.15) is 0 Å². The Labute approximate surface area is 163 Å². The molecule has 28 heavy (non-hydrogen) atoms. The smallest absolute Gasteiger partial charge is 0.289 e. The molecule has 2 saturated heterocycles. The Hall–Kier alpha value is -2.38. The van der Waals surface area contributed by atoms with Gasteiger partial charge in [-0.3, -0.25) is 9.69 Å². The summed E-state index contributed by atoms with van der Waals surface area (Å²) in [5.41, 5.74) is 0. The van der Waals surface area contributed by atoms with Gasteiger partial charge in [0.25, 0.3) is 5.91 Å². The van der Waals surface area contributed by atoms with Crippen LogP contribution in [-0.4, -0.2) is 61.1 Å². The number of halogens is 1. The molecule has 1 amide bonds. The molecule has 6 nitrogen and oxygen atoms in total. The first kappa shape index (κ1) is 19.0. The van der Waals surface area contributed by atoms with Crippen molar-refractivity contribution in [3.05, 3.63) is 53.7 Å². The highest BCUT2D eigenvalue weighted by Crippen LogP contribution is 2.18. The van der Waals surface area contributed by atoms with Crippen molar-refractivity contribution in [3.8, 4) is 5.75 Å². The van der Waals surface area contributed by atoms with Crippen LogP contribution in [0, 0.1) is 5.82 Å². The third kappa shape index (κ3) is 4.72. The fraction of sp³-hybridized carbons (Fsp3) is 0.476. The van der Waals surface area contributed by atoms with Crippen LogP contribution >= 0.6 is 0 Å². The maximum absolute atomic E-state index is 12.9. The number of ether oxygens (including phenoxy) is 2. The van der Waals surface area contributed by atoms with Crippen LogP contribution in [0.1, 0.15) is 29.2 Å². The van der Waals surface area contributed by atoms with Gasteiger partial charge in [0.15, 0.2) is 5.76 Å². The lowest BCUT2D eigenvalue weighted by Gasteiger charge is -2.35. The Morgan fingerprint density at radius 2 is 1.89 bits per heavy atom. The van der Waals surface area contributed by atoms with Crippen molar-refractivity contribution in [3.63, 3.8) is 0 Å². The van der Waals surface area contributed by atoms with Crippen LogP contribution in [0.15, 0.2) is 40.8 Å². The Bertz CT molecular complexity index is 778. The highest BCUT2D eigenvalue weighted by Gasteiger charge is 2.26. The van der Waals surface area contributed by atoms with Crippen LogP contribution in [0.4, 0.5) is 4.39 Å². The van der Waals surface area contributed by atoms with Crippen molar-refractivity contribution >= 4 is 5.91 Å². The third-order valence-corrected chi connectivity index (χ3v) is 5.21. The molecule has 0 N–H and O–H groups in total. The number of nitrogens with zero attached hydrogens (tertiary/aromatic N) is 2. The quantitative estimate of drug-likeness (QED) is 0.762. The normalized spacial score (nSPS) is 20.5. The van der Waals surface area contributed by atoms with Crippen molar-refractivity contribution in [2.75, 3.05) is 39.3 Å². The SMILES string of the molecule is O=C(c1ccc(COc2ccc(F)cc2)o1)N1CCN(CC2CCCO2)CC1. The van der Waals surface area contributed by atoms with Crippen LogP contribution in [-0.2, 0) is 11.3 Å². The predicted octanol–water partition coefficient (Wildman–Crippen LogP) is 2.93. The number of piperazine rings is 1. The average Bonchev–Trinajstić information content (AvgIpc) is 3.40. The first-order valence-electron chi connectivity index (χ1n) is 9.78. The van der Waals surface area contributed by atoms with Crippen LogP contribution in [0.25, 0.3) is 0 Å². The molecule has 0 spiro atoms. The third-order valence-electron chi connectivity index (χ3n) is 5.21. The van der Waals surface area contributed by atoms with Crippen LogP contribution in [0.5, 0.6) is 5.75 Å². The maximum atomic E-state index is 12.9. The molecule has 0 saturated carbocycles. The summed E-state index contributed by atoms with van der Waals surface area (Å²) in [6.07, 6.45) is 2.62.